The van der Waals surface area contributed by atoms with Crippen molar-refractivity contribution in [2.24, 2.45) is 17.8 Å². The van der Waals surface area contributed by atoms with Gasteiger partial charge in [-0.2, -0.15) is 0 Å². The predicted octanol–water partition coefficient (Wildman–Crippen LogP) is 8.35. The molecule has 4 rings (SSSR count). The average Bonchev–Trinajstić information content (AvgIpc) is 2.78. The van der Waals surface area contributed by atoms with Crippen LogP contribution in [0, 0.1) is 41.0 Å². The van der Waals surface area contributed by atoms with Crippen molar-refractivity contribution >= 4 is 0 Å². The van der Waals surface area contributed by atoms with Gasteiger partial charge in [-0.05, 0) is 105 Å². The van der Waals surface area contributed by atoms with Crippen molar-refractivity contribution in [3.05, 3.63) is 77.9 Å². The summed E-state index contributed by atoms with van der Waals surface area (Å²) in [6.07, 6.45) is 12.2. The van der Waals surface area contributed by atoms with Crippen molar-refractivity contribution in [1.82, 2.24) is 0 Å². The third-order valence-electron chi connectivity index (χ3n) is 7.29. The van der Waals surface area contributed by atoms with Crippen LogP contribution in [0.1, 0.15) is 56.9 Å². The summed E-state index contributed by atoms with van der Waals surface area (Å²) in [5, 5.41) is 0. The van der Waals surface area contributed by atoms with E-state index in [0.717, 1.165) is 37.8 Å². The average molecular weight is 459 g/mol. The first-order valence-electron chi connectivity index (χ1n) is 11.8. The monoisotopic (exact) mass is 458 g/mol. The summed E-state index contributed by atoms with van der Waals surface area (Å²) >= 11 is 0. The predicted molar refractivity (Wildman–Crippen MR) is 123 cm³/mol. The van der Waals surface area contributed by atoms with Gasteiger partial charge in [0.2, 0.25) is 0 Å². The zero-order valence-corrected chi connectivity index (χ0v) is 18.9. The van der Waals surface area contributed by atoms with Crippen molar-refractivity contribution in [2.75, 3.05) is 6.61 Å². The van der Waals surface area contributed by atoms with Crippen LogP contribution < -0.4 is 4.74 Å². The Labute approximate surface area is 193 Å². The first kappa shape index (κ1) is 23.6. The number of ether oxygens (including phenoxy) is 1. The van der Waals surface area contributed by atoms with Crippen LogP contribution in [-0.4, -0.2) is 6.61 Å². The van der Waals surface area contributed by atoms with Gasteiger partial charge < -0.3 is 4.74 Å². The first-order chi connectivity index (χ1) is 15.9. The Bertz CT molecular complexity index is 998. The van der Waals surface area contributed by atoms with Crippen LogP contribution in [0.5, 0.6) is 5.75 Å². The van der Waals surface area contributed by atoms with E-state index in [1.54, 1.807) is 0 Å². The lowest BCUT2D eigenvalue weighted by Crippen LogP contribution is -2.30. The third-order valence-corrected chi connectivity index (χ3v) is 7.29. The van der Waals surface area contributed by atoms with Crippen molar-refractivity contribution < 1.29 is 22.3 Å². The van der Waals surface area contributed by atoms with Gasteiger partial charge >= 0.3 is 0 Å². The van der Waals surface area contributed by atoms with Crippen LogP contribution in [0.4, 0.5) is 17.6 Å². The molecule has 0 saturated heterocycles. The van der Waals surface area contributed by atoms with E-state index in [9.17, 15) is 8.78 Å². The molecular formula is C28H30F4O. The fourth-order valence-corrected chi connectivity index (χ4v) is 5.76. The molecule has 2 saturated carbocycles. The quantitative estimate of drug-likeness (QED) is 0.312. The molecule has 0 spiro atoms. The summed E-state index contributed by atoms with van der Waals surface area (Å²) in [6, 6.07) is 4.48. The van der Waals surface area contributed by atoms with Crippen LogP contribution in [0.15, 0.2) is 49.1 Å². The molecule has 2 fully saturated rings. The maximum Gasteiger partial charge on any atom is 0.191 e. The Morgan fingerprint density at radius 3 is 2.15 bits per heavy atom. The van der Waals surface area contributed by atoms with E-state index in [4.69, 9.17) is 4.74 Å². The van der Waals surface area contributed by atoms with Gasteiger partial charge in [0.15, 0.2) is 17.4 Å². The van der Waals surface area contributed by atoms with Crippen LogP contribution in [0.2, 0.25) is 0 Å². The molecule has 0 N–H and O–H groups in total. The van der Waals surface area contributed by atoms with Gasteiger partial charge in [-0.25, -0.2) is 17.6 Å². The summed E-state index contributed by atoms with van der Waals surface area (Å²) in [5.41, 5.74) is 0.0190. The largest absolute Gasteiger partial charge is 0.483 e. The minimum Gasteiger partial charge on any atom is -0.483 e. The number of halogens is 4. The number of allylic oxidation sites excluding steroid dienone is 2. The van der Waals surface area contributed by atoms with Gasteiger partial charge in [0.1, 0.15) is 18.2 Å². The second-order valence-corrected chi connectivity index (χ2v) is 9.36. The number of benzene rings is 2. The maximum atomic E-state index is 15.1. The van der Waals surface area contributed by atoms with Gasteiger partial charge in [-0.15, -0.1) is 0 Å². The van der Waals surface area contributed by atoms with Gasteiger partial charge in [0, 0.05) is 0 Å². The summed E-state index contributed by atoms with van der Waals surface area (Å²) in [7, 11) is 0. The Morgan fingerprint density at radius 1 is 0.879 bits per heavy atom. The Kier molecular flexibility index (Phi) is 7.26. The standard InChI is InChI=1S/C28H30F4O/c1-3-5-17-6-7-19-12-20(9-8-18(19)11-17)21-13-23(29)27(24(30)14-21)22-15-25(31)28(26(32)16-22)33-10-4-2/h3-5,13-20H,2,6-12H2,1H3/b5-3+. The van der Waals surface area contributed by atoms with Crippen LogP contribution in [0.3, 0.4) is 0 Å². The molecule has 176 valence electrons. The molecule has 4 unspecified atom stereocenters. The highest BCUT2D eigenvalue weighted by Gasteiger charge is 2.35. The number of hydrogen-bond acceptors (Lipinski definition) is 1. The van der Waals surface area contributed by atoms with Crippen LogP contribution >= 0.6 is 0 Å². The molecule has 33 heavy (non-hydrogen) atoms. The zero-order valence-electron chi connectivity index (χ0n) is 18.9. The molecule has 2 aromatic rings. The molecule has 4 atom stereocenters. The van der Waals surface area contributed by atoms with Crippen LogP contribution in [-0.2, 0) is 0 Å². The van der Waals surface area contributed by atoms with Crippen LogP contribution in [0.25, 0.3) is 11.1 Å². The molecule has 2 aromatic carbocycles. The van der Waals surface area contributed by atoms with E-state index in [0.29, 0.717) is 23.3 Å². The Hall–Kier alpha value is -2.56. The lowest BCUT2D eigenvalue weighted by atomic mass is 9.64. The Balaban J connectivity index is 1.54. The molecule has 0 bridgehead atoms. The van der Waals surface area contributed by atoms with Crippen molar-refractivity contribution in [3.63, 3.8) is 0 Å². The molecule has 0 heterocycles. The minimum absolute atomic E-state index is 0.0796. The minimum atomic E-state index is -1.01. The maximum absolute atomic E-state index is 15.1. The smallest absolute Gasteiger partial charge is 0.191 e. The lowest BCUT2D eigenvalue weighted by molar-refractivity contribution is 0.133. The molecular weight excluding hydrogens is 428 g/mol. The Morgan fingerprint density at radius 2 is 1.52 bits per heavy atom. The summed E-state index contributed by atoms with van der Waals surface area (Å²) < 4.78 is 63.7. The number of rotatable bonds is 6. The van der Waals surface area contributed by atoms with Gasteiger partial charge in [-0.3, -0.25) is 0 Å². The second-order valence-electron chi connectivity index (χ2n) is 9.36. The van der Waals surface area contributed by atoms with Gasteiger partial charge in [0.05, 0.1) is 5.56 Å². The van der Waals surface area contributed by atoms with Crippen molar-refractivity contribution in [1.29, 1.82) is 0 Å². The highest BCUT2D eigenvalue weighted by molar-refractivity contribution is 5.66. The van der Waals surface area contributed by atoms with E-state index in [2.05, 4.69) is 25.7 Å². The topological polar surface area (TPSA) is 9.23 Å². The second kappa shape index (κ2) is 10.1. The van der Waals surface area contributed by atoms with Gasteiger partial charge in [0.25, 0.3) is 0 Å². The lowest BCUT2D eigenvalue weighted by Gasteiger charge is -2.42. The van der Waals surface area contributed by atoms with E-state index < -0.39 is 34.6 Å². The molecule has 0 aromatic heterocycles. The molecule has 2 aliphatic rings. The fraction of sp³-hybridized carbons (Fsp3) is 0.429. The molecule has 5 heteroatoms. The van der Waals surface area contributed by atoms with E-state index in [1.165, 1.54) is 31.1 Å². The normalized spacial score (nSPS) is 25.1. The summed E-state index contributed by atoms with van der Waals surface area (Å²) in [5.74, 6) is -2.20. The zero-order chi connectivity index (χ0) is 23.5. The fourth-order valence-electron chi connectivity index (χ4n) is 5.76. The third kappa shape index (κ3) is 5.02. The molecule has 1 nitrogen and oxygen atoms in total. The molecule has 0 aliphatic heterocycles. The van der Waals surface area contributed by atoms with E-state index in [-0.39, 0.29) is 18.1 Å². The molecule has 0 amide bonds. The summed E-state index contributed by atoms with van der Waals surface area (Å²) in [6.45, 7) is 5.41. The van der Waals surface area contributed by atoms with Gasteiger partial charge in [-0.1, -0.05) is 24.8 Å². The molecule has 2 aliphatic carbocycles. The van der Waals surface area contributed by atoms with Crippen molar-refractivity contribution in [3.8, 4) is 16.9 Å². The highest BCUT2D eigenvalue weighted by atomic mass is 19.1. The SMILES string of the molecule is C=CCOc1c(F)cc(-c2c(F)cc(C3CCC4CC(/C=C/C)CCC4C3)cc2F)cc1F. The first-order valence-corrected chi connectivity index (χ1v) is 11.8. The van der Waals surface area contributed by atoms with E-state index in [1.807, 2.05) is 0 Å². The van der Waals surface area contributed by atoms with Crippen molar-refractivity contribution in [2.45, 2.75) is 51.4 Å². The number of hydrogen-bond donors (Lipinski definition) is 0. The molecule has 0 radical (unpaired) electrons. The summed E-state index contributed by atoms with van der Waals surface area (Å²) in [4.78, 5) is 0. The highest BCUT2D eigenvalue weighted by Crippen LogP contribution is 2.48. The van der Waals surface area contributed by atoms with E-state index >= 15 is 8.78 Å². The number of fused-ring (bicyclic) bond motifs is 1.